The molecule has 1 N–H and O–H groups in total. The van der Waals surface area contributed by atoms with Gasteiger partial charge in [-0.15, -0.1) is 0 Å². The summed E-state index contributed by atoms with van der Waals surface area (Å²) in [5.74, 6) is 0.0225. The molecule has 0 aliphatic carbocycles. The van der Waals surface area contributed by atoms with Crippen LogP contribution in [0.25, 0.3) is 0 Å². The Morgan fingerprint density at radius 1 is 1.05 bits per heavy atom. The van der Waals surface area contributed by atoms with Gasteiger partial charge in [-0.3, -0.25) is 4.79 Å². The molecule has 0 fully saturated rings. The first-order chi connectivity index (χ1) is 10.6. The highest BCUT2D eigenvalue weighted by atomic mass is 16.1. The highest BCUT2D eigenvalue weighted by molar-refractivity contribution is 5.91. The number of carbonyl (C=O) groups is 1. The van der Waals surface area contributed by atoms with Crippen molar-refractivity contribution in [2.24, 2.45) is 0 Å². The van der Waals surface area contributed by atoms with Crippen molar-refractivity contribution in [3.8, 4) is 0 Å². The van der Waals surface area contributed by atoms with Gasteiger partial charge >= 0.3 is 0 Å². The highest BCUT2D eigenvalue weighted by Gasteiger charge is 2.16. The molecular weight excluding hydrogens is 272 g/mol. The molecule has 0 spiro atoms. The summed E-state index contributed by atoms with van der Waals surface area (Å²) < 4.78 is 1.99. The van der Waals surface area contributed by atoms with Gasteiger partial charge in [0.05, 0.1) is 0 Å². The number of hydrogen-bond acceptors (Lipinski definition) is 1. The van der Waals surface area contributed by atoms with Crippen LogP contribution in [0.15, 0.2) is 36.5 Å². The predicted molar refractivity (Wildman–Crippen MR) is 89.9 cm³/mol. The molecule has 116 valence electrons. The van der Waals surface area contributed by atoms with E-state index in [1.54, 1.807) is 0 Å². The topological polar surface area (TPSA) is 33.0 Å². The Morgan fingerprint density at radius 3 is 2.27 bits per heavy atom. The number of aromatic nitrogens is 1. The fourth-order valence-electron chi connectivity index (χ4n) is 2.66. The van der Waals surface area contributed by atoms with Crippen LogP contribution in [-0.2, 0) is 24.2 Å². The van der Waals surface area contributed by atoms with Gasteiger partial charge in [-0.1, -0.05) is 32.0 Å². The summed E-state index contributed by atoms with van der Waals surface area (Å²) in [6.07, 6.45) is 3.79. The molecule has 2 rings (SSSR count). The summed E-state index contributed by atoms with van der Waals surface area (Å²) in [6, 6.07) is 10.3. The lowest BCUT2D eigenvalue weighted by Crippen LogP contribution is -2.43. The Hall–Kier alpha value is -2.16. The highest BCUT2D eigenvalue weighted by Crippen LogP contribution is 2.22. The van der Waals surface area contributed by atoms with Gasteiger partial charge in [0.25, 0.3) is 5.91 Å². The van der Waals surface area contributed by atoms with E-state index in [9.17, 15) is 4.79 Å². The number of carbonyl (C=O) groups excluding carboxylic acids is 1. The second kappa shape index (κ2) is 7.21. The second-order valence-electron chi connectivity index (χ2n) is 5.61. The number of hydrogen-bond donors (Lipinski definition) is 1. The first-order valence-corrected chi connectivity index (χ1v) is 7.93. The molecule has 0 saturated carbocycles. The molecule has 0 bridgehead atoms. The third-order valence-corrected chi connectivity index (χ3v) is 4.19. The van der Waals surface area contributed by atoms with Crippen molar-refractivity contribution in [1.82, 2.24) is 0 Å². The summed E-state index contributed by atoms with van der Waals surface area (Å²) in [5, 5.41) is 3.12. The van der Waals surface area contributed by atoms with Crippen LogP contribution in [0, 0.1) is 13.8 Å². The number of para-hydroxylation sites is 1. The monoisotopic (exact) mass is 297 g/mol. The quantitative estimate of drug-likeness (QED) is 0.844. The molecule has 0 unspecified atom stereocenters. The SMILES string of the molecule is CCc1cccc(CC)c1NC(=O)C[n+]1cccc(C)c1C. The Morgan fingerprint density at radius 2 is 1.68 bits per heavy atom. The smallest absolute Gasteiger partial charge is 0.290 e. The number of rotatable bonds is 5. The van der Waals surface area contributed by atoms with Gasteiger partial charge in [-0.2, -0.15) is 4.57 Å². The van der Waals surface area contributed by atoms with E-state index in [0.29, 0.717) is 6.54 Å². The molecule has 1 aromatic carbocycles. The van der Waals surface area contributed by atoms with Gasteiger partial charge < -0.3 is 5.32 Å². The van der Waals surface area contributed by atoms with Gasteiger partial charge in [-0.05, 0) is 37.0 Å². The van der Waals surface area contributed by atoms with Crippen LogP contribution in [0.4, 0.5) is 5.69 Å². The van der Waals surface area contributed by atoms with Crippen LogP contribution >= 0.6 is 0 Å². The number of pyridine rings is 1. The van der Waals surface area contributed by atoms with Crippen molar-refractivity contribution in [2.75, 3.05) is 5.32 Å². The van der Waals surface area contributed by atoms with Gasteiger partial charge in [0.15, 0.2) is 11.9 Å². The van der Waals surface area contributed by atoms with Crippen molar-refractivity contribution in [1.29, 1.82) is 0 Å². The van der Waals surface area contributed by atoms with E-state index in [0.717, 1.165) is 24.2 Å². The molecule has 1 heterocycles. The summed E-state index contributed by atoms with van der Waals surface area (Å²) in [5.41, 5.74) is 5.69. The van der Waals surface area contributed by atoms with E-state index >= 15 is 0 Å². The average Bonchev–Trinajstić information content (AvgIpc) is 2.52. The van der Waals surface area contributed by atoms with E-state index in [1.807, 2.05) is 23.8 Å². The largest absolute Gasteiger partial charge is 0.320 e. The van der Waals surface area contributed by atoms with Crippen molar-refractivity contribution in [3.05, 3.63) is 58.9 Å². The van der Waals surface area contributed by atoms with Crippen molar-refractivity contribution in [2.45, 2.75) is 47.1 Å². The van der Waals surface area contributed by atoms with E-state index in [-0.39, 0.29) is 5.91 Å². The molecule has 1 aromatic heterocycles. The number of aryl methyl sites for hydroxylation is 3. The summed E-state index contributed by atoms with van der Waals surface area (Å²) in [6.45, 7) is 8.67. The van der Waals surface area contributed by atoms with Crippen molar-refractivity contribution in [3.63, 3.8) is 0 Å². The molecule has 0 aliphatic heterocycles. The molecule has 0 atom stereocenters. The molecule has 3 heteroatoms. The maximum Gasteiger partial charge on any atom is 0.290 e. The van der Waals surface area contributed by atoms with Gasteiger partial charge in [-0.25, -0.2) is 0 Å². The van der Waals surface area contributed by atoms with Crippen LogP contribution in [0.2, 0.25) is 0 Å². The lowest BCUT2D eigenvalue weighted by molar-refractivity contribution is -0.690. The van der Waals surface area contributed by atoms with Crippen LogP contribution in [0.5, 0.6) is 0 Å². The lowest BCUT2D eigenvalue weighted by atomic mass is 10.0. The zero-order valence-electron chi connectivity index (χ0n) is 13.9. The molecule has 22 heavy (non-hydrogen) atoms. The fourth-order valence-corrected chi connectivity index (χ4v) is 2.66. The molecular formula is C19H25N2O+. The number of nitrogens with one attached hydrogen (secondary N) is 1. The van der Waals surface area contributed by atoms with Crippen LogP contribution in [-0.4, -0.2) is 5.91 Å². The number of amides is 1. The zero-order valence-corrected chi connectivity index (χ0v) is 13.9. The number of benzene rings is 1. The maximum absolute atomic E-state index is 12.4. The molecule has 1 amide bonds. The normalized spacial score (nSPS) is 10.5. The zero-order chi connectivity index (χ0) is 16.1. The Balaban J connectivity index is 2.21. The van der Waals surface area contributed by atoms with Gasteiger partial charge in [0, 0.05) is 24.2 Å². The van der Waals surface area contributed by atoms with E-state index < -0.39 is 0 Å². The minimum absolute atomic E-state index is 0.0225. The molecule has 3 nitrogen and oxygen atoms in total. The molecule has 0 saturated heterocycles. The second-order valence-corrected chi connectivity index (χ2v) is 5.61. The lowest BCUT2D eigenvalue weighted by Gasteiger charge is -2.13. The predicted octanol–water partition coefficient (Wildman–Crippen LogP) is 3.35. The first kappa shape index (κ1) is 16.2. The third-order valence-electron chi connectivity index (χ3n) is 4.19. The Kier molecular flexibility index (Phi) is 5.31. The molecule has 0 radical (unpaired) electrons. The minimum atomic E-state index is 0.0225. The maximum atomic E-state index is 12.4. The number of nitrogens with zero attached hydrogens (tertiary/aromatic N) is 1. The molecule has 2 aromatic rings. The first-order valence-electron chi connectivity index (χ1n) is 7.93. The van der Waals surface area contributed by atoms with E-state index in [4.69, 9.17) is 0 Å². The summed E-state index contributed by atoms with van der Waals surface area (Å²) in [4.78, 5) is 12.4. The Labute approximate surface area is 133 Å². The summed E-state index contributed by atoms with van der Waals surface area (Å²) in [7, 11) is 0. The van der Waals surface area contributed by atoms with Gasteiger partial charge in [0.1, 0.15) is 0 Å². The molecule has 0 aliphatic rings. The van der Waals surface area contributed by atoms with Crippen LogP contribution in [0.1, 0.15) is 36.2 Å². The van der Waals surface area contributed by atoms with Crippen molar-refractivity contribution >= 4 is 11.6 Å². The number of anilines is 1. The Bertz CT molecular complexity index is 655. The van der Waals surface area contributed by atoms with Crippen LogP contribution < -0.4 is 9.88 Å². The van der Waals surface area contributed by atoms with Crippen molar-refractivity contribution < 1.29 is 9.36 Å². The average molecular weight is 297 g/mol. The standard InChI is InChI=1S/C19H24N2O/c1-5-16-10-7-11-17(6-2)19(16)20-18(22)13-21-12-8-9-14(3)15(21)4/h7-12H,5-6,13H2,1-4H3/p+1. The third kappa shape index (κ3) is 3.53. The minimum Gasteiger partial charge on any atom is -0.320 e. The van der Waals surface area contributed by atoms with Crippen LogP contribution in [0.3, 0.4) is 0 Å². The summed E-state index contributed by atoms with van der Waals surface area (Å²) >= 11 is 0. The van der Waals surface area contributed by atoms with Gasteiger partial charge in [0.2, 0.25) is 6.54 Å². The van der Waals surface area contributed by atoms with E-state index in [1.165, 1.54) is 16.7 Å². The van der Waals surface area contributed by atoms with E-state index in [2.05, 4.69) is 50.4 Å². The fraction of sp³-hybridized carbons (Fsp3) is 0.368.